The summed E-state index contributed by atoms with van der Waals surface area (Å²) in [5.74, 6) is -0.367. The Morgan fingerprint density at radius 3 is 2.67 bits per heavy atom. The molecule has 1 aliphatic rings. The van der Waals surface area contributed by atoms with Gasteiger partial charge in [0.25, 0.3) is 0 Å². The molecular formula is C17H18FN5O. The van der Waals surface area contributed by atoms with Gasteiger partial charge in [-0.2, -0.15) is 5.26 Å². The van der Waals surface area contributed by atoms with Gasteiger partial charge in [-0.15, -0.1) is 0 Å². The number of hydrogen-bond acceptors (Lipinski definition) is 4. The van der Waals surface area contributed by atoms with Gasteiger partial charge in [-0.1, -0.05) is 0 Å². The fourth-order valence-corrected chi connectivity index (χ4v) is 2.89. The van der Waals surface area contributed by atoms with Crippen LogP contribution in [0, 0.1) is 17.1 Å². The predicted molar refractivity (Wildman–Crippen MR) is 86.8 cm³/mol. The van der Waals surface area contributed by atoms with E-state index in [-0.39, 0.29) is 11.9 Å². The van der Waals surface area contributed by atoms with Gasteiger partial charge in [0.1, 0.15) is 11.9 Å². The number of amides is 1. The van der Waals surface area contributed by atoms with Crippen LogP contribution in [0.2, 0.25) is 0 Å². The summed E-state index contributed by atoms with van der Waals surface area (Å²) in [6.45, 7) is 4.04. The Morgan fingerprint density at radius 2 is 2.08 bits per heavy atom. The quantitative estimate of drug-likeness (QED) is 0.862. The number of aromatic nitrogens is 2. The normalized spacial score (nSPS) is 15.9. The lowest BCUT2D eigenvalue weighted by Gasteiger charge is -2.37. The zero-order valence-corrected chi connectivity index (χ0v) is 13.4. The van der Waals surface area contributed by atoms with Crippen LogP contribution in [0.4, 0.5) is 10.1 Å². The number of piperazine rings is 1. The molecule has 1 aromatic carbocycles. The molecule has 3 rings (SSSR count). The summed E-state index contributed by atoms with van der Waals surface area (Å²) in [6, 6.07) is 6.10. The van der Waals surface area contributed by atoms with Crippen molar-refractivity contribution in [3.05, 3.63) is 48.3 Å². The monoisotopic (exact) mass is 327 g/mol. The molecule has 24 heavy (non-hydrogen) atoms. The summed E-state index contributed by atoms with van der Waals surface area (Å²) in [5.41, 5.74) is 0.781. The van der Waals surface area contributed by atoms with Crippen molar-refractivity contribution in [1.29, 1.82) is 5.26 Å². The second-order valence-electron chi connectivity index (χ2n) is 5.78. The van der Waals surface area contributed by atoms with Gasteiger partial charge in [-0.25, -0.2) is 9.37 Å². The second-order valence-corrected chi connectivity index (χ2v) is 5.78. The zero-order chi connectivity index (χ0) is 17.1. The van der Waals surface area contributed by atoms with Crippen molar-refractivity contribution in [2.75, 3.05) is 31.1 Å². The van der Waals surface area contributed by atoms with Gasteiger partial charge in [0.2, 0.25) is 5.91 Å². The van der Waals surface area contributed by atoms with Crippen LogP contribution in [0.5, 0.6) is 0 Å². The number of imidazole rings is 1. The molecule has 7 heteroatoms. The van der Waals surface area contributed by atoms with Crippen LogP contribution in [0.15, 0.2) is 36.9 Å². The molecule has 0 spiro atoms. The topological polar surface area (TPSA) is 65.2 Å². The number of benzene rings is 1. The van der Waals surface area contributed by atoms with Crippen LogP contribution in [0.3, 0.4) is 0 Å². The molecule has 1 saturated heterocycles. The number of anilines is 1. The van der Waals surface area contributed by atoms with Crippen molar-refractivity contribution in [1.82, 2.24) is 14.5 Å². The maximum atomic E-state index is 14.1. The number of carbonyl (C=O) groups excluding carboxylic acids is 1. The van der Waals surface area contributed by atoms with Gasteiger partial charge >= 0.3 is 0 Å². The fourth-order valence-electron chi connectivity index (χ4n) is 2.89. The zero-order valence-electron chi connectivity index (χ0n) is 13.4. The van der Waals surface area contributed by atoms with Crippen molar-refractivity contribution >= 4 is 11.6 Å². The van der Waals surface area contributed by atoms with Gasteiger partial charge in [0.15, 0.2) is 0 Å². The highest BCUT2D eigenvalue weighted by molar-refractivity contribution is 5.80. The highest BCUT2D eigenvalue weighted by Gasteiger charge is 2.26. The van der Waals surface area contributed by atoms with Crippen molar-refractivity contribution in [3.63, 3.8) is 0 Å². The summed E-state index contributed by atoms with van der Waals surface area (Å²) < 4.78 is 15.9. The van der Waals surface area contributed by atoms with Crippen molar-refractivity contribution < 1.29 is 9.18 Å². The summed E-state index contributed by atoms with van der Waals surface area (Å²) in [5, 5.41) is 8.81. The molecule has 1 aliphatic heterocycles. The Bertz CT molecular complexity index is 760. The molecule has 0 N–H and O–H groups in total. The summed E-state index contributed by atoms with van der Waals surface area (Å²) >= 11 is 0. The Hall–Kier alpha value is -2.88. The van der Waals surface area contributed by atoms with Gasteiger partial charge in [0.05, 0.1) is 23.6 Å². The number of hydrogen-bond donors (Lipinski definition) is 0. The third kappa shape index (κ3) is 3.08. The molecule has 0 unspecified atom stereocenters. The molecule has 0 radical (unpaired) electrons. The minimum Gasteiger partial charge on any atom is -0.366 e. The molecule has 6 nitrogen and oxygen atoms in total. The van der Waals surface area contributed by atoms with Gasteiger partial charge in [0, 0.05) is 38.6 Å². The average molecular weight is 327 g/mol. The maximum absolute atomic E-state index is 14.1. The minimum atomic E-state index is -0.402. The van der Waals surface area contributed by atoms with Crippen molar-refractivity contribution in [2.24, 2.45) is 0 Å². The number of carbonyl (C=O) groups is 1. The van der Waals surface area contributed by atoms with Crippen LogP contribution in [0.1, 0.15) is 18.5 Å². The van der Waals surface area contributed by atoms with Gasteiger partial charge in [-0.05, 0) is 25.1 Å². The van der Waals surface area contributed by atoms with Gasteiger partial charge in [-0.3, -0.25) is 4.79 Å². The number of nitrogens with zero attached hydrogens (tertiary/aromatic N) is 5. The van der Waals surface area contributed by atoms with Crippen LogP contribution in [-0.2, 0) is 4.79 Å². The first-order chi connectivity index (χ1) is 11.6. The summed E-state index contributed by atoms with van der Waals surface area (Å²) in [4.78, 5) is 20.2. The lowest BCUT2D eigenvalue weighted by Crippen LogP contribution is -2.50. The molecule has 1 amide bonds. The van der Waals surface area contributed by atoms with Gasteiger partial charge < -0.3 is 14.4 Å². The SMILES string of the molecule is C[C@@H](C(=O)N1CCN(c2ccc(C#N)cc2F)CC1)n1ccnc1. The molecule has 0 bridgehead atoms. The third-order valence-electron chi connectivity index (χ3n) is 4.34. The molecule has 1 aromatic heterocycles. The first-order valence-corrected chi connectivity index (χ1v) is 7.81. The molecule has 1 atom stereocenters. The highest BCUT2D eigenvalue weighted by atomic mass is 19.1. The second kappa shape index (κ2) is 6.71. The van der Waals surface area contributed by atoms with E-state index in [2.05, 4.69) is 4.98 Å². The van der Waals surface area contributed by atoms with Crippen LogP contribution in [0.25, 0.3) is 0 Å². The molecule has 0 saturated carbocycles. The smallest absolute Gasteiger partial charge is 0.245 e. The number of halogens is 1. The number of nitriles is 1. The van der Waals surface area contributed by atoms with E-state index in [1.165, 1.54) is 6.07 Å². The maximum Gasteiger partial charge on any atom is 0.245 e. The first-order valence-electron chi connectivity index (χ1n) is 7.81. The van der Waals surface area contributed by atoms with E-state index in [0.29, 0.717) is 37.4 Å². The summed E-state index contributed by atoms with van der Waals surface area (Å²) in [7, 11) is 0. The van der Waals surface area contributed by atoms with E-state index in [9.17, 15) is 9.18 Å². The Kier molecular flexibility index (Phi) is 4.47. The first kappa shape index (κ1) is 16.0. The molecule has 2 aromatic rings. The largest absolute Gasteiger partial charge is 0.366 e. The molecule has 1 fully saturated rings. The van der Waals surface area contributed by atoms with Crippen molar-refractivity contribution in [3.8, 4) is 6.07 Å². The van der Waals surface area contributed by atoms with E-state index in [0.717, 1.165) is 0 Å². The number of rotatable bonds is 3. The Balaban J connectivity index is 1.64. The molecular weight excluding hydrogens is 309 g/mol. The average Bonchev–Trinajstić information content (AvgIpc) is 3.15. The van der Waals surface area contributed by atoms with E-state index in [4.69, 9.17) is 5.26 Å². The standard InChI is InChI=1S/C17H18FN5O/c1-13(23-5-4-20-12-23)17(24)22-8-6-21(7-9-22)16-3-2-14(11-19)10-15(16)18/h2-5,10,12-13H,6-9H2,1H3/t13-/m0/s1. The molecule has 0 aliphatic carbocycles. The van der Waals surface area contributed by atoms with E-state index < -0.39 is 5.82 Å². The van der Waals surface area contributed by atoms with E-state index in [1.807, 2.05) is 17.9 Å². The lowest BCUT2D eigenvalue weighted by atomic mass is 10.1. The Morgan fingerprint density at radius 1 is 1.33 bits per heavy atom. The predicted octanol–water partition coefficient (Wildman–Crippen LogP) is 1.80. The molecule has 124 valence electrons. The van der Waals surface area contributed by atoms with E-state index in [1.54, 1.807) is 40.3 Å². The highest BCUT2D eigenvalue weighted by Crippen LogP contribution is 2.22. The minimum absolute atomic E-state index is 0.0351. The van der Waals surface area contributed by atoms with Crippen LogP contribution < -0.4 is 4.90 Å². The van der Waals surface area contributed by atoms with Crippen LogP contribution in [-0.4, -0.2) is 46.5 Å². The van der Waals surface area contributed by atoms with E-state index >= 15 is 0 Å². The molecule has 2 heterocycles. The Labute approximate surface area is 139 Å². The fraction of sp³-hybridized carbons (Fsp3) is 0.353. The summed E-state index contributed by atoms with van der Waals surface area (Å²) in [6.07, 6.45) is 5.05. The van der Waals surface area contributed by atoms with Crippen molar-refractivity contribution in [2.45, 2.75) is 13.0 Å². The van der Waals surface area contributed by atoms with Crippen LogP contribution >= 0.6 is 0 Å². The third-order valence-corrected chi connectivity index (χ3v) is 4.34. The lowest BCUT2D eigenvalue weighted by molar-refractivity contribution is -0.134.